The molecule has 0 aliphatic rings. The number of benzene rings is 1. The van der Waals surface area contributed by atoms with Crippen LogP contribution in [-0.4, -0.2) is 20.9 Å². The second kappa shape index (κ2) is 5.19. The van der Waals surface area contributed by atoms with E-state index in [0.717, 1.165) is 11.8 Å². The Kier molecular flexibility index (Phi) is 3.61. The highest BCUT2D eigenvalue weighted by Gasteiger charge is 2.18. The summed E-state index contributed by atoms with van der Waals surface area (Å²) in [4.78, 5) is 22.2. The molecule has 0 radical (unpaired) electrons. The third-order valence-corrected chi connectivity index (χ3v) is 3.09. The fraction of sp³-hybridized carbons (Fsp3) is 0.182. The summed E-state index contributed by atoms with van der Waals surface area (Å²) in [6.45, 7) is 2.94. The average molecular weight is 279 g/mol. The molecule has 2 aromatic rings. The van der Waals surface area contributed by atoms with Crippen LogP contribution < -0.4 is 0 Å². The summed E-state index contributed by atoms with van der Waals surface area (Å²) in [7, 11) is 0. The van der Waals surface area contributed by atoms with Crippen LogP contribution in [0.4, 0.5) is 5.69 Å². The third-order valence-electron chi connectivity index (χ3n) is 2.26. The number of carbonyl (C=O) groups is 1. The predicted molar refractivity (Wildman–Crippen MR) is 66.3 cm³/mol. The topological polar surface area (TPSA) is 99.1 Å². The minimum Gasteiger partial charge on any atom is -0.416 e. The molecule has 0 amide bonds. The van der Waals surface area contributed by atoms with E-state index in [1.807, 2.05) is 0 Å². The highest BCUT2D eigenvalue weighted by molar-refractivity contribution is 7.99. The van der Waals surface area contributed by atoms with Gasteiger partial charge in [0.1, 0.15) is 0 Å². The number of rotatable bonds is 4. The Morgan fingerprint density at radius 3 is 2.68 bits per heavy atom. The monoisotopic (exact) mass is 279 g/mol. The van der Waals surface area contributed by atoms with Crippen LogP contribution >= 0.6 is 11.8 Å². The van der Waals surface area contributed by atoms with Crippen molar-refractivity contribution in [1.82, 2.24) is 10.2 Å². The summed E-state index contributed by atoms with van der Waals surface area (Å²) >= 11 is 1.10. The molecule has 0 fully saturated rings. The summed E-state index contributed by atoms with van der Waals surface area (Å²) in [6, 6.07) is 4.35. The van der Waals surface area contributed by atoms with Gasteiger partial charge in [0.05, 0.1) is 10.5 Å². The van der Waals surface area contributed by atoms with Gasteiger partial charge in [-0.3, -0.25) is 14.9 Å². The molecule has 0 bridgehead atoms. The fourth-order valence-electron chi connectivity index (χ4n) is 1.44. The molecule has 1 aromatic carbocycles. The summed E-state index contributed by atoms with van der Waals surface area (Å²) in [6.07, 6.45) is 0. The maximum absolute atomic E-state index is 11.3. The molecule has 0 aliphatic carbocycles. The zero-order valence-corrected chi connectivity index (χ0v) is 10.9. The van der Waals surface area contributed by atoms with E-state index in [1.54, 1.807) is 13.0 Å². The molecule has 2 rings (SSSR count). The van der Waals surface area contributed by atoms with E-state index in [4.69, 9.17) is 4.42 Å². The van der Waals surface area contributed by atoms with Crippen LogP contribution in [0, 0.1) is 17.0 Å². The SMILES string of the molecule is CC(=O)c1ccc(Sc2nnc(C)o2)cc1[N+](=O)[O-]. The smallest absolute Gasteiger partial charge is 0.281 e. The van der Waals surface area contributed by atoms with Crippen molar-refractivity contribution in [3.05, 3.63) is 39.8 Å². The van der Waals surface area contributed by atoms with Crippen molar-refractivity contribution in [3.63, 3.8) is 0 Å². The van der Waals surface area contributed by atoms with E-state index in [9.17, 15) is 14.9 Å². The predicted octanol–water partition coefficient (Wildman–Crippen LogP) is 2.64. The number of aryl methyl sites for hydroxylation is 1. The molecule has 0 saturated carbocycles. The molecule has 98 valence electrons. The van der Waals surface area contributed by atoms with Gasteiger partial charge in [0.25, 0.3) is 10.9 Å². The molecule has 8 heteroatoms. The van der Waals surface area contributed by atoms with Crippen LogP contribution in [0.3, 0.4) is 0 Å². The van der Waals surface area contributed by atoms with E-state index in [1.165, 1.54) is 19.1 Å². The molecule has 0 unspecified atom stereocenters. The highest BCUT2D eigenvalue weighted by atomic mass is 32.2. The van der Waals surface area contributed by atoms with E-state index >= 15 is 0 Å². The van der Waals surface area contributed by atoms with Crippen molar-refractivity contribution in [3.8, 4) is 0 Å². The van der Waals surface area contributed by atoms with Gasteiger partial charge in [0.15, 0.2) is 5.78 Å². The summed E-state index contributed by atoms with van der Waals surface area (Å²) in [5.74, 6) is 0.0641. The minimum atomic E-state index is -0.583. The molecule has 1 heterocycles. The number of nitro benzene ring substituents is 1. The zero-order chi connectivity index (χ0) is 14.0. The molecule has 7 nitrogen and oxygen atoms in total. The Bertz CT molecular complexity index is 653. The summed E-state index contributed by atoms with van der Waals surface area (Å²) < 4.78 is 5.17. The van der Waals surface area contributed by atoms with Crippen LogP contribution in [0.5, 0.6) is 0 Å². The number of aromatic nitrogens is 2. The fourth-order valence-corrected chi connectivity index (χ4v) is 2.20. The Labute approximate surface area is 112 Å². The lowest BCUT2D eigenvalue weighted by atomic mass is 10.1. The van der Waals surface area contributed by atoms with E-state index < -0.39 is 4.92 Å². The van der Waals surface area contributed by atoms with Crippen molar-refractivity contribution >= 4 is 23.2 Å². The third kappa shape index (κ3) is 2.97. The Hall–Kier alpha value is -2.22. The number of hydrogen-bond acceptors (Lipinski definition) is 7. The van der Waals surface area contributed by atoms with Crippen LogP contribution in [0.25, 0.3) is 0 Å². The number of nitrogens with zero attached hydrogens (tertiary/aromatic N) is 3. The lowest BCUT2D eigenvalue weighted by Crippen LogP contribution is -2.00. The Balaban J connectivity index is 2.35. The second-order valence-electron chi connectivity index (χ2n) is 3.68. The molecule has 0 atom stereocenters. The molecular formula is C11H9N3O4S. The van der Waals surface area contributed by atoms with Gasteiger partial charge in [0.2, 0.25) is 5.89 Å². The van der Waals surface area contributed by atoms with Gasteiger partial charge in [-0.1, -0.05) is 0 Å². The quantitative estimate of drug-likeness (QED) is 0.481. The molecule has 1 aromatic heterocycles. The molecule has 0 aliphatic heterocycles. The average Bonchev–Trinajstić information content (AvgIpc) is 2.74. The number of nitro groups is 1. The lowest BCUT2D eigenvalue weighted by molar-refractivity contribution is -0.385. The maximum Gasteiger partial charge on any atom is 0.281 e. The van der Waals surface area contributed by atoms with Crippen LogP contribution in [0.1, 0.15) is 23.2 Å². The molecule has 0 N–H and O–H groups in total. The first-order valence-electron chi connectivity index (χ1n) is 5.24. The van der Waals surface area contributed by atoms with Crippen LogP contribution in [-0.2, 0) is 0 Å². The summed E-state index contributed by atoms with van der Waals surface area (Å²) in [5.41, 5.74) is -0.148. The van der Waals surface area contributed by atoms with Gasteiger partial charge in [0, 0.05) is 17.9 Å². The van der Waals surface area contributed by atoms with Gasteiger partial charge in [-0.15, -0.1) is 10.2 Å². The van der Waals surface area contributed by atoms with Crippen molar-refractivity contribution in [2.75, 3.05) is 0 Å². The number of carbonyl (C=O) groups excluding carboxylic acids is 1. The van der Waals surface area contributed by atoms with Crippen molar-refractivity contribution < 1.29 is 14.1 Å². The molecule has 0 saturated heterocycles. The molecule has 0 spiro atoms. The van der Waals surface area contributed by atoms with Crippen molar-refractivity contribution in [2.45, 2.75) is 24.0 Å². The zero-order valence-electron chi connectivity index (χ0n) is 10.1. The Morgan fingerprint density at radius 1 is 1.42 bits per heavy atom. The maximum atomic E-state index is 11.3. The van der Waals surface area contributed by atoms with Crippen molar-refractivity contribution in [1.29, 1.82) is 0 Å². The number of Topliss-reactive ketones (excluding diaryl/α,β-unsaturated/α-hetero) is 1. The van der Waals surface area contributed by atoms with Crippen LogP contribution in [0.15, 0.2) is 32.7 Å². The largest absolute Gasteiger partial charge is 0.416 e. The van der Waals surface area contributed by atoms with Gasteiger partial charge >= 0.3 is 0 Å². The number of hydrogen-bond donors (Lipinski definition) is 0. The van der Waals surface area contributed by atoms with Gasteiger partial charge in [-0.2, -0.15) is 0 Å². The Morgan fingerprint density at radius 2 is 2.16 bits per heavy atom. The normalized spacial score (nSPS) is 10.4. The first kappa shape index (κ1) is 13.2. The first-order chi connectivity index (χ1) is 8.97. The summed E-state index contributed by atoms with van der Waals surface area (Å²) in [5, 5.41) is 18.7. The highest BCUT2D eigenvalue weighted by Crippen LogP contribution is 2.31. The van der Waals surface area contributed by atoms with Gasteiger partial charge in [-0.05, 0) is 30.8 Å². The minimum absolute atomic E-state index is 0.0797. The van der Waals surface area contributed by atoms with Crippen LogP contribution in [0.2, 0.25) is 0 Å². The van der Waals surface area contributed by atoms with E-state index in [-0.39, 0.29) is 17.0 Å². The molecular weight excluding hydrogens is 270 g/mol. The molecule has 19 heavy (non-hydrogen) atoms. The van der Waals surface area contributed by atoms with Crippen molar-refractivity contribution in [2.24, 2.45) is 0 Å². The van der Waals surface area contributed by atoms with Gasteiger partial charge < -0.3 is 4.42 Å². The second-order valence-corrected chi connectivity index (χ2v) is 4.71. The van der Waals surface area contributed by atoms with E-state index in [2.05, 4.69) is 10.2 Å². The van der Waals surface area contributed by atoms with Gasteiger partial charge in [-0.25, -0.2) is 0 Å². The standard InChI is InChI=1S/C11H9N3O4S/c1-6(15)9-4-3-8(5-10(9)14(16)17)19-11-13-12-7(2)18-11/h3-5H,1-2H3. The number of ketones is 1. The van der Waals surface area contributed by atoms with E-state index in [0.29, 0.717) is 16.0 Å². The first-order valence-corrected chi connectivity index (χ1v) is 6.06. The lowest BCUT2D eigenvalue weighted by Gasteiger charge is -2.01.